The quantitative estimate of drug-likeness (QED) is 0.349. The van der Waals surface area contributed by atoms with Crippen LogP contribution in [0.2, 0.25) is 0 Å². The van der Waals surface area contributed by atoms with Gasteiger partial charge < -0.3 is 15.4 Å². The SMILES string of the molecule is CN=C(NCc1cc(F)ccc1F)NCc1ccccc1OCC1CC1.I. The average Bonchev–Trinajstić information content (AvgIpc) is 3.48. The van der Waals surface area contributed by atoms with Gasteiger partial charge in [-0.15, -0.1) is 24.0 Å². The zero-order valence-corrected chi connectivity index (χ0v) is 17.5. The third-order valence-electron chi connectivity index (χ3n) is 4.27. The van der Waals surface area contributed by atoms with Crippen molar-refractivity contribution in [1.82, 2.24) is 10.6 Å². The Morgan fingerprint density at radius 3 is 2.48 bits per heavy atom. The molecule has 1 fully saturated rings. The van der Waals surface area contributed by atoms with E-state index in [0.717, 1.165) is 30.1 Å². The summed E-state index contributed by atoms with van der Waals surface area (Å²) in [7, 11) is 1.63. The van der Waals surface area contributed by atoms with Crippen LogP contribution in [0, 0.1) is 17.6 Å². The van der Waals surface area contributed by atoms with Crippen LogP contribution in [0.15, 0.2) is 47.5 Å². The Bertz CT molecular complexity index is 782. The van der Waals surface area contributed by atoms with Gasteiger partial charge in [0.15, 0.2) is 5.96 Å². The van der Waals surface area contributed by atoms with Crippen LogP contribution in [0.3, 0.4) is 0 Å². The molecule has 0 atom stereocenters. The highest BCUT2D eigenvalue weighted by molar-refractivity contribution is 14.0. The van der Waals surface area contributed by atoms with Gasteiger partial charge in [0.05, 0.1) is 6.61 Å². The number of benzene rings is 2. The standard InChI is InChI=1S/C20H23F2N3O.HI/c1-23-20(25-12-16-10-17(21)8-9-18(16)22)24-11-15-4-2-3-5-19(15)26-13-14-6-7-14;/h2-5,8-10,14H,6-7,11-13H2,1H3,(H2,23,24,25);1H. The highest BCUT2D eigenvalue weighted by atomic mass is 127. The summed E-state index contributed by atoms with van der Waals surface area (Å²) in [5.74, 6) is 1.14. The number of halogens is 3. The van der Waals surface area contributed by atoms with Gasteiger partial charge in [-0.1, -0.05) is 18.2 Å². The van der Waals surface area contributed by atoms with E-state index in [4.69, 9.17) is 4.74 Å². The Hall–Kier alpha value is -1.90. The molecule has 27 heavy (non-hydrogen) atoms. The van der Waals surface area contributed by atoms with Gasteiger partial charge in [0.1, 0.15) is 17.4 Å². The van der Waals surface area contributed by atoms with Gasteiger partial charge in [-0.05, 0) is 43.0 Å². The van der Waals surface area contributed by atoms with E-state index in [1.54, 1.807) is 7.05 Å². The average molecular weight is 487 g/mol. The molecule has 0 radical (unpaired) electrons. The normalized spacial score (nSPS) is 13.7. The third kappa shape index (κ3) is 6.64. The summed E-state index contributed by atoms with van der Waals surface area (Å²) in [6.45, 7) is 1.41. The van der Waals surface area contributed by atoms with Gasteiger partial charge in [-0.3, -0.25) is 4.99 Å². The van der Waals surface area contributed by atoms with Crippen LogP contribution in [0.4, 0.5) is 8.78 Å². The summed E-state index contributed by atoms with van der Waals surface area (Å²) < 4.78 is 32.8. The molecule has 1 saturated carbocycles. The predicted molar refractivity (Wildman–Crippen MR) is 113 cm³/mol. The summed E-state index contributed by atoms with van der Waals surface area (Å²) in [6, 6.07) is 11.3. The summed E-state index contributed by atoms with van der Waals surface area (Å²) in [6.07, 6.45) is 2.49. The van der Waals surface area contributed by atoms with Crippen LogP contribution in [0.5, 0.6) is 5.75 Å². The molecule has 0 amide bonds. The summed E-state index contributed by atoms with van der Waals surface area (Å²) in [5, 5.41) is 6.17. The zero-order valence-electron chi connectivity index (χ0n) is 15.2. The van der Waals surface area contributed by atoms with Crippen molar-refractivity contribution in [3.63, 3.8) is 0 Å². The van der Waals surface area contributed by atoms with Crippen molar-refractivity contribution in [2.75, 3.05) is 13.7 Å². The smallest absolute Gasteiger partial charge is 0.191 e. The second-order valence-corrected chi connectivity index (χ2v) is 6.38. The molecule has 0 saturated heterocycles. The monoisotopic (exact) mass is 487 g/mol. The van der Waals surface area contributed by atoms with Crippen molar-refractivity contribution in [2.45, 2.75) is 25.9 Å². The lowest BCUT2D eigenvalue weighted by molar-refractivity contribution is 0.296. The zero-order chi connectivity index (χ0) is 18.4. The molecule has 1 aliphatic carbocycles. The number of guanidine groups is 1. The second-order valence-electron chi connectivity index (χ2n) is 6.38. The molecule has 0 aromatic heterocycles. The van der Waals surface area contributed by atoms with E-state index in [1.165, 1.54) is 18.9 Å². The lowest BCUT2D eigenvalue weighted by Crippen LogP contribution is -2.36. The topological polar surface area (TPSA) is 45.7 Å². The minimum Gasteiger partial charge on any atom is -0.493 e. The Morgan fingerprint density at radius 2 is 1.78 bits per heavy atom. The van der Waals surface area contributed by atoms with Crippen molar-refractivity contribution in [2.24, 2.45) is 10.9 Å². The molecule has 2 aromatic carbocycles. The first-order chi connectivity index (χ1) is 12.7. The molecule has 1 aliphatic rings. The van der Waals surface area contributed by atoms with Gasteiger partial charge in [0, 0.05) is 31.3 Å². The van der Waals surface area contributed by atoms with Crippen LogP contribution in [0.1, 0.15) is 24.0 Å². The molecule has 0 aliphatic heterocycles. The van der Waals surface area contributed by atoms with Crippen molar-refractivity contribution in [1.29, 1.82) is 0 Å². The number of rotatable bonds is 7. The van der Waals surface area contributed by atoms with E-state index in [-0.39, 0.29) is 36.1 Å². The molecule has 2 N–H and O–H groups in total. The van der Waals surface area contributed by atoms with E-state index in [9.17, 15) is 8.78 Å². The van der Waals surface area contributed by atoms with E-state index in [1.807, 2.05) is 24.3 Å². The van der Waals surface area contributed by atoms with Crippen LogP contribution in [0.25, 0.3) is 0 Å². The van der Waals surface area contributed by atoms with Crippen LogP contribution in [-0.2, 0) is 13.1 Å². The van der Waals surface area contributed by atoms with Crippen molar-refractivity contribution < 1.29 is 13.5 Å². The third-order valence-corrected chi connectivity index (χ3v) is 4.27. The first-order valence-corrected chi connectivity index (χ1v) is 8.75. The van der Waals surface area contributed by atoms with E-state index in [2.05, 4.69) is 15.6 Å². The summed E-state index contributed by atoms with van der Waals surface area (Å²) >= 11 is 0. The summed E-state index contributed by atoms with van der Waals surface area (Å²) in [4.78, 5) is 4.12. The number of hydrogen-bond acceptors (Lipinski definition) is 2. The summed E-state index contributed by atoms with van der Waals surface area (Å²) in [5.41, 5.74) is 1.27. The van der Waals surface area contributed by atoms with Gasteiger partial charge in [-0.25, -0.2) is 8.78 Å². The fourth-order valence-corrected chi connectivity index (χ4v) is 2.54. The van der Waals surface area contributed by atoms with Crippen LogP contribution >= 0.6 is 24.0 Å². The minimum absolute atomic E-state index is 0. The molecule has 0 bridgehead atoms. The van der Waals surface area contributed by atoms with E-state index >= 15 is 0 Å². The largest absolute Gasteiger partial charge is 0.493 e. The minimum atomic E-state index is -0.465. The highest BCUT2D eigenvalue weighted by Gasteiger charge is 2.22. The number of para-hydroxylation sites is 1. The van der Waals surface area contributed by atoms with Gasteiger partial charge in [0.25, 0.3) is 0 Å². The lowest BCUT2D eigenvalue weighted by atomic mass is 10.2. The Labute approximate surface area is 175 Å². The molecule has 0 heterocycles. The molecule has 146 valence electrons. The number of nitrogens with one attached hydrogen (secondary N) is 2. The molecule has 7 heteroatoms. The second kappa shape index (κ2) is 10.4. The molecular weight excluding hydrogens is 463 g/mol. The van der Waals surface area contributed by atoms with Gasteiger partial charge in [0.2, 0.25) is 0 Å². The van der Waals surface area contributed by atoms with Gasteiger partial charge >= 0.3 is 0 Å². The van der Waals surface area contributed by atoms with Crippen molar-refractivity contribution in [3.8, 4) is 5.75 Å². The molecule has 2 aromatic rings. The van der Waals surface area contributed by atoms with E-state index in [0.29, 0.717) is 18.4 Å². The first-order valence-electron chi connectivity index (χ1n) is 8.75. The molecular formula is C20H24F2IN3O. The van der Waals surface area contributed by atoms with Gasteiger partial charge in [-0.2, -0.15) is 0 Å². The first kappa shape index (κ1) is 21.4. The highest BCUT2D eigenvalue weighted by Crippen LogP contribution is 2.30. The lowest BCUT2D eigenvalue weighted by Gasteiger charge is -2.15. The fraction of sp³-hybridized carbons (Fsp3) is 0.350. The number of ether oxygens (including phenoxy) is 1. The maximum Gasteiger partial charge on any atom is 0.191 e. The Balaban J connectivity index is 0.00000261. The van der Waals surface area contributed by atoms with Crippen LogP contribution < -0.4 is 15.4 Å². The van der Waals surface area contributed by atoms with Crippen LogP contribution in [-0.4, -0.2) is 19.6 Å². The maximum absolute atomic E-state index is 13.7. The number of hydrogen-bond donors (Lipinski definition) is 2. The van der Waals surface area contributed by atoms with E-state index < -0.39 is 11.6 Å². The molecule has 0 spiro atoms. The molecule has 0 unspecified atom stereocenters. The van der Waals surface area contributed by atoms with Crippen molar-refractivity contribution in [3.05, 3.63) is 65.2 Å². The Morgan fingerprint density at radius 1 is 1.07 bits per heavy atom. The predicted octanol–water partition coefficient (Wildman–Crippen LogP) is 4.24. The fourth-order valence-electron chi connectivity index (χ4n) is 2.54. The maximum atomic E-state index is 13.7. The Kier molecular flexibility index (Phi) is 8.27. The number of aliphatic imine (C=N–C) groups is 1. The van der Waals surface area contributed by atoms with Crippen molar-refractivity contribution >= 4 is 29.9 Å². The molecule has 3 rings (SSSR count). The molecule has 4 nitrogen and oxygen atoms in total. The number of nitrogens with zero attached hydrogens (tertiary/aromatic N) is 1.